The molecule has 0 aliphatic carbocycles. The molecule has 1 amide bonds. The van der Waals surface area contributed by atoms with E-state index in [1.807, 2.05) is 72.8 Å². The molecule has 0 bridgehead atoms. The number of nitrogens with one attached hydrogen (secondary N) is 2. The van der Waals surface area contributed by atoms with Gasteiger partial charge < -0.3 is 15.4 Å². The molecule has 0 aliphatic heterocycles. The zero-order valence-electron chi connectivity index (χ0n) is 15.0. The van der Waals surface area contributed by atoms with E-state index in [-0.39, 0.29) is 5.91 Å². The first-order valence-electron chi connectivity index (χ1n) is 8.67. The molecule has 0 aliphatic rings. The Morgan fingerprint density at radius 1 is 0.926 bits per heavy atom. The topological polar surface area (TPSA) is 50.4 Å². The number of carbonyl (C=O) groups excluding carboxylic acids is 1. The van der Waals surface area contributed by atoms with E-state index in [0.29, 0.717) is 23.9 Å². The average molecular weight is 381 g/mol. The summed E-state index contributed by atoms with van der Waals surface area (Å²) in [5, 5.41) is 6.67. The van der Waals surface area contributed by atoms with E-state index in [4.69, 9.17) is 16.3 Å². The lowest BCUT2D eigenvalue weighted by molar-refractivity contribution is -0.114. The van der Waals surface area contributed by atoms with Crippen molar-refractivity contribution in [2.75, 3.05) is 10.6 Å². The predicted molar refractivity (Wildman–Crippen MR) is 110 cm³/mol. The van der Waals surface area contributed by atoms with Gasteiger partial charge in [-0.15, -0.1) is 0 Å². The van der Waals surface area contributed by atoms with E-state index >= 15 is 0 Å². The number of anilines is 2. The summed E-state index contributed by atoms with van der Waals surface area (Å²) < 4.78 is 5.80. The number of hydrogen-bond acceptors (Lipinski definition) is 3. The Morgan fingerprint density at radius 2 is 1.63 bits per heavy atom. The van der Waals surface area contributed by atoms with Gasteiger partial charge in [0, 0.05) is 24.8 Å². The Balaban J connectivity index is 1.55. The lowest BCUT2D eigenvalue weighted by Gasteiger charge is -2.11. The minimum Gasteiger partial charge on any atom is -0.487 e. The molecule has 3 aromatic carbocycles. The fourth-order valence-corrected chi connectivity index (χ4v) is 2.84. The largest absolute Gasteiger partial charge is 0.487 e. The summed E-state index contributed by atoms with van der Waals surface area (Å²) >= 11 is 6.35. The highest BCUT2D eigenvalue weighted by atomic mass is 35.5. The van der Waals surface area contributed by atoms with Crippen LogP contribution in [0.15, 0.2) is 72.8 Å². The van der Waals surface area contributed by atoms with Crippen molar-refractivity contribution in [3.8, 4) is 5.75 Å². The minimum atomic E-state index is -0.0834. The molecule has 0 saturated heterocycles. The maximum absolute atomic E-state index is 11.0. The second-order valence-corrected chi connectivity index (χ2v) is 6.56. The minimum absolute atomic E-state index is 0.0834. The van der Waals surface area contributed by atoms with E-state index in [1.54, 1.807) is 0 Å². The molecular weight excluding hydrogens is 360 g/mol. The van der Waals surface area contributed by atoms with E-state index < -0.39 is 0 Å². The molecule has 138 valence electrons. The van der Waals surface area contributed by atoms with Crippen LogP contribution in [-0.4, -0.2) is 5.91 Å². The van der Waals surface area contributed by atoms with Crippen molar-refractivity contribution >= 4 is 28.9 Å². The summed E-state index contributed by atoms with van der Waals surface area (Å²) in [6.45, 7) is 2.61. The monoisotopic (exact) mass is 380 g/mol. The van der Waals surface area contributed by atoms with Gasteiger partial charge in [0.25, 0.3) is 0 Å². The van der Waals surface area contributed by atoms with Gasteiger partial charge in [-0.25, -0.2) is 0 Å². The molecular formula is C22H21ClN2O2. The molecule has 5 heteroatoms. The van der Waals surface area contributed by atoms with Crippen molar-refractivity contribution in [3.05, 3.63) is 88.9 Å². The van der Waals surface area contributed by atoms with Crippen LogP contribution in [-0.2, 0) is 17.9 Å². The highest BCUT2D eigenvalue weighted by Crippen LogP contribution is 2.27. The van der Waals surface area contributed by atoms with Crippen LogP contribution in [0.25, 0.3) is 0 Å². The molecule has 0 atom stereocenters. The maximum Gasteiger partial charge on any atom is 0.221 e. The third-order valence-electron chi connectivity index (χ3n) is 3.94. The Bertz CT molecular complexity index is 896. The zero-order valence-corrected chi connectivity index (χ0v) is 15.8. The van der Waals surface area contributed by atoms with Crippen LogP contribution in [0.4, 0.5) is 11.4 Å². The lowest BCUT2D eigenvalue weighted by Crippen LogP contribution is -2.05. The Labute approximate surface area is 164 Å². The van der Waals surface area contributed by atoms with Crippen LogP contribution in [0.2, 0.25) is 5.02 Å². The van der Waals surface area contributed by atoms with Crippen LogP contribution in [0.5, 0.6) is 5.75 Å². The van der Waals surface area contributed by atoms with Gasteiger partial charge in [-0.05, 0) is 47.5 Å². The lowest BCUT2D eigenvalue weighted by atomic mass is 10.2. The molecule has 0 radical (unpaired) electrons. The number of benzene rings is 3. The molecule has 4 nitrogen and oxygen atoms in total. The molecule has 0 fully saturated rings. The molecule has 0 aromatic heterocycles. The summed E-state index contributed by atoms with van der Waals surface area (Å²) in [6, 6.07) is 23.3. The van der Waals surface area contributed by atoms with Crippen molar-refractivity contribution in [3.63, 3.8) is 0 Å². The molecule has 27 heavy (non-hydrogen) atoms. The first kappa shape index (κ1) is 18.8. The molecule has 0 saturated carbocycles. The smallest absolute Gasteiger partial charge is 0.221 e. The third kappa shape index (κ3) is 5.76. The van der Waals surface area contributed by atoms with Crippen LogP contribution in [0.1, 0.15) is 18.1 Å². The molecule has 0 heterocycles. The second kappa shape index (κ2) is 9.10. The molecule has 0 spiro atoms. The number of amides is 1. The number of rotatable bonds is 7. The van der Waals surface area contributed by atoms with Gasteiger partial charge in [0.05, 0.1) is 5.02 Å². The van der Waals surface area contributed by atoms with Crippen molar-refractivity contribution in [2.24, 2.45) is 0 Å². The van der Waals surface area contributed by atoms with Crippen LogP contribution in [0.3, 0.4) is 0 Å². The Kier molecular flexibility index (Phi) is 6.34. The van der Waals surface area contributed by atoms with Crippen LogP contribution >= 0.6 is 11.6 Å². The zero-order chi connectivity index (χ0) is 19.1. The third-order valence-corrected chi connectivity index (χ3v) is 4.23. The Hall–Kier alpha value is -2.98. The van der Waals surface area contributed by atoms with Gasteiger partial charge in [-0.2, -0.15) is 0 Å². The van der Waals surface area contributed by atoms with Crippen LogP contribution < -0.4 is 15.4 Å². The molecule has 2 N–H and O–H groups in total. The molecule has 3 aromatic rings. The summed E-state index contributed by atoms with van der Waals surface area (Å²) in [5.41, 5.74) is 3.89. The van der Waals surface area contributed by atoms with Gasteiger partial charge in [-0.3, -0.25) is 4.79 Å². The number of ether oxygens (including phenoxy) is 1. The summed E-state index contributed by atoms with van der Waals surface area (Å²) in [6.07, 6.45) is 0. The first-order chi connectivity index (χ1) is 13.1. The number of hydrogen-bond donors (Lipinski definition) is 2. The Morgan fingerprint density at radius 3 is 2.30 bits per heavy atom. The van der Waals surface area contributed by atoms with Crippen molar-refractivity contribution < 1.29 is 9.53 Å². The SMILES string of the molecule is CC(=O)Nc1ccc(NCc2ccc(OCc3ccccc3)c(Cl)c2)cc1. The van der Waals surface area contributed by atoms with Crippen molar-refractivity contribution in [2.45, 2.75) is 20.1 Å². The first-order valence-corrected chi connectivity index (χ1v) is 9.04. The quantitative estimate of drug-likeness (QED) is 0.569. The molecule has 0 unspecified atom stereocenters. The normalized spacial score (nSPS) is 10.3. The number of carbonyl (C=O) groups is 1. The van der Waals surface area contributed by atoms with Gasteiger partial charge in [0.15, 0.2) is 0 Å². The summed E-state index contributed by atoms with van der Waals surface area (Å²) in [5.74, 6) is 0.587. The summed E-state index contributed by atoms with van der Waals surface area (Å²) in [7, 11) is 0. The number of halogens is 1. The maximum atomic E-state index is 11.0. The summed E-state index contributed by atoms with van der Waals surface area (Å²) in [4.78, 5) is 11.0. The molecule has 3 rings (SSSR count). The highest BCUT2D eigenvalue weighted by Gasteiger charge is 2.04. The fraction of sp³-hybridized carbons (Fsp3) is 0.136. The van der Waals surface area contributed by atoms with E-state index in [1.165, 1.54) is 6.92 Å². The predicted octanol–water partition coefficient (Wildman–Crippen LogP) is 5.49. The van der Waals surface area contributed by atoms with Crippen LogP contribution in [0, 0.1) is 0 Å². The van der Waals surface area contributed by atoms with E-state index in [2.05, 4.69) is 10.6 Å². The standard InChI is InChI=1S/C22H21ClN2O2/c1-16(26)25-20-10-8-19(9-11-20)24-14-18-7-12-22(21(23)13-18)27-15-17-5-3-2-4-6-17/h2-13,24H,14-15H2,1H3,(H,25,26). The van der Waals surface area contributed by atoms with Gasteiger partial charge in [0.1, 0.15) is 12.4 Å². The van der Waals surface area contributed by atoms with Gasteiger partial charge in [-0.1, -0.05) is 48.0 Å². The highest BCUT2D eigenvalue weighted by molar-refractivity contribution is 6.32. The van der Waals surface area contributed by atoms with E-state index in [0.717, 1.165) is 22.5 Å². The van der Waals surface area contributed by atoms with Crippen molar-refractivity contribution in [1.82, 2.24) is 0 Å². The van der Waals surface area contributed by atoms with Gasteiger partial charge >= 0.3 is 0 Å². The van der Waals surface area contributed by atoms with E-state index in [9.17, 15) is 4.79 Å². The fourth-order valence-electron chi connectivity index (χ4n) is 2.59. The second-order valence-electron chi connectivity index (χ2n) is 6.15. The van der Waals surface area contributed by atoms with Crippen molar-refractivity contribution in [1.29, 1.82) is 0 Å². The van der Waals surface area contributed by atoms with Gasteiger partial charge in [0.2, 0.25) is 5.91 Å². The average Bonchev–Trinajstić information content (AvgIpc) is 2.67.